The molecule has 0 spiro atoms. The van der Waals surface area contributed by atoms with E-state index < -0.39 is 0 Å². The van der Waals surface area contributed by atoms with Crippen molar-refractivity contribution in [1.29, 1.82) is 0 Å². The summed E-state index contributed by atoms with van der Waals surface area (Å²) < 4.78 is 0. The minimum atomic E-state index is -0.252. The van der Waals surface area contributed by atoms with E-state index in [1.54, 1.807) is 18.2 Å². The summed E-state index contributed by atoms with van der Waals surface area (Å²) in [6.07, 6.45) is 1.49. The molecule has 1 aromatic carbocycles. The monoisotopic (exact) mass is 275 g/mol. The third kappa shape index (κ3) is 3.51. The molecule has 1 amide bonds. The SMILES string of the molecule is CC(C)c1ccc(C(=O)Nc2nccc(Cl)n2)cc1. The van der Waals surface area contributed by atoms with Crippen molar-refractivity contribution in [3.05, 3.63) is 52.8 Å². The summed E-state index contributed by atoms with van der Waals surface area (Å²) in [7, 11) is 0. The van der Waals surface area contributed by atoms with Gasteiger partial charge in [0.25, 0.3) is 5.91 Å². The van der Waals surface area contributed by atoms with Gasteiger partial charge in [0.15, 0.2) is 0 Å². The molecule has 0 aliphatic carbocycles. The molecule has 0 bridgehead atoms. The van der Waals surface area contributed by atoms with Gasteiger partial charge in [-0.25, -0.2) is 9.97 Å². The zero-order valence-electron chi connectivity index (χ0n) is 10.7. The highest BCUT2D eigenvalue weighted by atomic mass is 35.5. The van der Waals surface area contributed by atoms with E-state index in [9.17, 15) is 4.79 Å². The fourth-order valence-electron chi connectivity index (χ4n) is 1.59. The van der Waals surface area contributed by atoms with Crippen molar-refractivity contribution in [3.8, 4) is 0 Å². The lowest BCUT2D eigenvalue weighted by atomic mass is 10.0. The highest BCUT2D eigenvalue weighted by molar-refractivity contribution is 6.29. The number of hydrogen-bond donors (Lipinski definition) is 1. The standard InChI is InChI=1S/C14H14ClN3O/c1-9(2)10-3-5-11(6-4-10)13(19)18-14-16-8-7-12(15)17-14/h3-9H,1-2H3,(H,16,17,18,19). The molecule has 5 heteroatoms. The second-order valence-electron chi connectivity index (χ2n) is 4.43. The van der Waals surface area contributed by atoms with Gasteiger partial charge in [-0.3, -0.25) is 10.1 Å². The fourth-order valence-corrected chi connectivity index (χ4v) is 1.73. The van der Waals surface area contributed by atoms with Crippen LogP contribution >= 0.6 is 11.6 Å². The van der Waals surface area contributed by atoms with E-state index in [-0.39, 0.29) is 11.9 Å². The molecule has 19 heavy (non-hydrogen) atoms. The normalized spacial score (nSPS) is 10.5. The molecule has 0 unspecified atom stereocenters. The molecule has 0 atom stereocenters. The van der Waals surface area contributed by atoms with E-state index in [1.165, 1.54) is 11.8 Å². The zero-order chi connectivity index (χ0) is 13.8. The van der Waals surface area contributed by atoms with Crippen LogP contribution in [0.15, 0.2) is 36.5 Å². The Bertz CT molecular complexity index is 581. The maximum absolute atomic E-state index is 12.0. The number of hydrogen-bond acceptors (Lipinski definition) is 3. The van der Waals surface area contributed by atoms with Gasteiger partial charge in [-0.05, 0) is 29.7 Å². The lowest BCUT2D eigenvalue weighted by molar-refractivity contribution is 0.102. The van der Waals surface area contributed by atoms with Gasteiger partial charge >= 0.3 is 0 Å². The third-order valence-electron chi connectivity index (χ3n) is 2.69. The number of aromatic nitrogens is 2. The van der Waals surface area contributed by atoms with Crippen LogP contribution in [0, 0.1) is 0 Å². The van der Waals surface area contributed by atoms with Crippen LogP contribution in [0.5, 0.6) is 0 Å². The van der Waals surface area contributed by atoms with E-state index in [4.69, 9.17) is 11.6 Å². The van der Waals surface area contributed by atoms with Gasteiger partial charge in [0.1, 0.15) is 5.15 Å². The van der Waals surface area contributed by atoms with Crippen LogP contribution in [0.3, 0.4) is 0 Å². The molecule has 2 aromatic rings. The van der Waals surface area contributed by atoms with Crippen LogP contribution in [-0.2, 0) is 0 Å². The fraction of sp³-hybridized carbons (Fsp3) is 0.214. The minimum Gasteiger partial charge on any atom is -0.290 e. The van der Waals surface area contributed by atoms with Gasteiger partial charge < -0.3 is 0 Å². The first kappa shape index (κ1) is 13.5. The van der Waals surface area contributed by atoms with Crippen molar-refractivity contribution >= 4 is 23.5 Å². The predicted molar refractivity (Wildman–Crippen MR) is 75.5 cm³/mol. The Morgan fingerprint density at radius 3 is 2.47 bits per heavy atom. The van der Waals surface area contributed by atoms with Crippen molar-refractivity contribution < 1.29 is 4.79 Å². The van der Waals surface area contributed by atoms with E-state index in [0.717, 1.165) is 0 Å². The number of anilines is 1. The summed E-state index contributed by atoms with van der Waals surface area (Å²) >= 11 is 5.73. The average Bonchev–Trinajstić information content (AvgIpc) is 2.39. The predicted octanol–water partition coefficient (Wildman–Crippen LogP) is 3.51. The van der Waals surface area contributed by atoms with E-state index in [0.29, 0.717) is 16.6 Å². The minimum absolute atomic E-state index is 0.199. The van der Waals surface area contributed by atoms with E-state index >= 15 is 0 Å². The number of carbonyl (C=O) groups is 1. The quantitative estimate of drug-likeness (QED) is 0.872. The Morgan fingerprint density at radius 2 is 1.89 bits per heavy atom. The van der Waals surface area contributed by atoms with Gasteiger partial charge in [-0.1, -0.05) is 37.6 Å². The molecule has 0 saturated heterocycles. The van der Waals surface area contributed by atoms with Crippen LogP contribution < -0.4 is 5.32 Å². The lowest BCUT2D eigenvalue weighted by Gasteiger charge is -2.07. The summed E-state index contributed by atoms with van der Waals surface area (Å²) in [5.74, 6) is 0.386. The topological polar surface area (TPSA) is 54.9 Å². The maximum atomic E-state index is 12.0. The lowest BCUT2D eigenvalue weighted by Crippen LogP contribution is -2.14. The molecule has 0 aliphatic rings. The van der Waals surface area contributed by atoms with Crippen LogP contribution in [0.2, 0.25) is 5.15 Å². The van der Waals surface area contributed by atoms with Crippen molar-refractivity contribution in [1.82, 2.24) is 9.97 Å². The number of benzene rings is 1. The van der Waals surface area contributed by atoms with Gasteiger partial charge in [-0.15, -0.1) is 0 Å². The Balaban J connectivity index is 2.11. The number of nitrogens with one attached hydrogen (secondary N) is 1. The Hall–Kier alpha value is -1.94. The molecule has 0 fully saturated rings. The van der Waals surface area contributed by atoms with Crippen molar-refractivity contribution in [2.45, 2.75) is 19.8 Å². The maximum Gasteiger partial charge on any atom is 0.258 e. The highest BCUT2D eigenvalue weighted by Crippen LogP contribution is 2.15. The summed E-state index contributed by atoms with van der Waals surface area (Å²) in [4.78, 5) is 19.8. The molecule has 1 N–H and O–H groups in total. The average molecular weight is 276 g/mol. The summed E-state index contributed by atoms with van der Waals surface area (Å²) in [5.41, 5.74) is 1.75. The highest BCUT2D eigenvalue weighted by Gasteiger charge is 2.08. The second kappa shape index (κ2) is 5.80. The molecular formula is C14H14ClN3O. The van der Waals surface area contributed by atoms with Crippen LogP contribution in [0.1, 0.15) is 35.7 Å². The molecular weight excluding hydrogens is 262 g/mol. The molecule has 0 radical (unpaired) electrons. The van der Waals surface area contributed by atoms with Crippen LogP contribution in [-0.4, -0.2) is 15.9 Å². The third-order valence-corrected chi connectivity index (χ3v) is 2.90. The number of halogens is 1. The largest absolute Gasteiger partial charge is 0.290 e. The first-order valence-electron chi connectivity index (χ1n) is 5.96. The number of carbonyl (C=O) groups excluding carboxylic acids is 1. The van der Waals surface area contributed by atoms with Gasteiger partial charge in [0.05, 0.1) is 0 Å². The number of rotatable bonds is 3. The number of amides is 1. The van der Waals surface area contributed by atoms with Gasteiger partial charge in [0, 0.05) is 11.8 Å². The van der Waals surface area contributed by atoms with Gasteiger partial charge in [-0.2, -0.15) is 0 Å². The first-order valence-corrected chi connectivity index (χ1v) is 6.34. The summed E-state index contributed by atoms with van der Waals surface area (Å²) in [6.45, 7) is 4.21. The van der Waals surface area contributed by atoms with Crippen molar-refractivity contribution in [2.24, 2.45) is 0 Å². The molecule has 1 heterocycles. The van der Waals surface area contributed by atoms with E-state index in [1.807, 2.05) is 12.1 Å². The molecule has 1 aromatic heterocycles. The smallest absolute Gasteiger partial charge is 0.258 e. The first-order chi connectivity index (χ1) is 9.06. The van der Waals surface area contributed by atoms with E-state index in [2.05, 4.69) is 29.1 Å². The Labute approximate surface area is 116 Å². The molecule has 0 saturated carbocycles. The zero-order valence-corrected chi connectivity index (χ0v) is 11.5. The Morgan fingerprint density at radius 1 is 1.21 bits per heavy atom. The van der Waals surface area contributed by atoms with Crippen molar-refractivity contribution in [3.63, 3.8) is 0 Å². The van der Waals surface area contributed by atoms with Crippen LogP contribution in [0.25, 0.3) is 0 Å². The number of nitrogens with zero attached hydrogens (tertiary/aromatic N) is 2. The summed E-state index contributed by atoms with van der Waals surface area (Å²) in [5, 5.41) is 2.89. The molecule has 4 nitrogen and oxygen atoms in total. The summed E-state index contributed by atoms with van der Waals surface area (Å²) in [6, 6.07) is 9.01. The molecule has 98 valence electrons. The molecule has 0 aliphatic heterocycles. The van der Waals surface area contributed by atoms with Gasteiger partial charge in [0.2, 0.25) is 5.95 Å². The van der Waals surface area contributed by atoms with Crippen LogP contribution in [0.4, 0.5) is 5.95 Å². The molecule has 2 rings (SSSR count). The second-order valence-corrected chi connectivity index (χ2v) is 4.82. The van der Waals surface area contributed by atoms with Crippen molar-refractivity contribution in [2.75, 3.05) is 5.32 Å². The Kier molecular flexibility index (Phi) is 4.12.